The number of carbonyl (C=O) groups is 1. The molecule has 1 atom stereocenters. The Kier molecular flexibility index (Phi) is 3.66. The average Bonchev–Trinajstić information content (AvgIpc) is 2.18. The predicted octanol–water partition coefficient (Wildman–Crippen LogP) is 2.22. The summed E-state index contributed by atoms with van der Waals surface area (Å²) in [5, 5.41) is 18.0. The molecule has 0 heterocycles. The molecule has 0 saturated heterocycles. The molecule has 0 aromatic heterocycles. The molecule has 0 amide bonds. The molecule has 1 aromatic rings. The lowest BCUT2D eigenvalue weighted by Crippen LogP contribution is -2.37. The number of alkyl halides is 3. The number of halogens is 4. The SMILES string of the molecule is CC(O)(Cc1cccc(C(F)(F)F)c1F)C(=O)O. The Labute approximate surface area is 99.7 Å². The Morgan fingerprint density at radius 1 is 1.33 bits per heavy atom. The quantitative estimate of drug-likeness (QED) is 0.825. The molecule has 2 N–H and O–H groups in total. The molecule has 18 heavy (non-hydrogen) atoms. The van der Waals surface area contributed by atoms with E-state index in [9.17, 15) is 27.5 Å². The second-order valence-electron chi connectivity index (χ2n) is 4.03. The monoisotopic (exact) mass is 266 g/mol. The second-order valence-corrected chi connectivity index (χ2v) is 4.03. The Morgan fingerprint density at radius 3 is 2.33 bits per heavy atom. The summed E-state index contributed by atoms with van der Waals surface area (Å²) in [5.74, 6) is -3.20. The van der Waals surface area contributed by atoms with Gasteiger partial charge in [-0.15, -0.1) is 0 Å². The second kappa shape index (κ2) is 4.56. The van der Waals surface area contributed by atoms with Crippen molar-refractivity contribution < 1.29 is 32.6 Å². The highest BCUT2D eigenvalue weighted by atomic mass is 19.4. The summed E-state index contributed by atoms with van der Waals surface area (Å²) >= 11 is 0. The van der Waals surface area contributed by atoms with Crippen LogP contribution in [-0.2, 0) is 17.4 Å². The van der Waals surface area contributed by atoms with Gasteiger partial charge in [0.1, 0.15) is 5.82 Å². The fraction of sp³-hybridized carbons (Fsp3) is 0.364. The highest BCUT2D eigenvalue weighted by Crippen LogP contribution is 2.33. The average molecular weight is 266 g/mol. The van der Waals surface area contributed by atoms with E-state index in [1.54, 1.807) is 0 Å². The van der Waals surface area contributed by atoms with E-state index >= 15 is 0 Å². The Morgan fingerprint density at radius 2 is 1.89 bits per heavy atom. The van der Waals surface area contributed by atoms with Gasteiger partial charge < -0.3 is 10.2 Å². The van der Waals surface area contributed by atoms with Crippen molar-refractivity contribution in [1.82, 2.24) is 0 Å². The molecule has 1 aromatic carbocycles. The van der Waals surface area contributed by atoms with Crippen LogP contribution in [0.1, 0.15) is 18.1 Å². The minimum atomic E-state index is -4.87. The molecule has 100 valence electrons. The molecule has 0 fully saturated rings. The first-order chi connectivity index (χ1) is 8.05. The van der Waals surface area contributed by atoms with Crippen molar-refractivity contribution in [2.24, 2.45) is 0 Å². The molecule has 0 aliphatic carbocycles. The summed E-state index contributed by atoms with van der Waals surface area (Å²) in [6, 6.07) is 2.51. The van der Waals surface area contributed by atoms with E-state index in [2.05, 4.69) is 0 Å². The van der Waals surface area contributed by atoms with Gasteiger partial charge in [0.05, 0.1) is 5.56 Å². The molecular formula is C11H10F4O3. The Hall–Kier alpha value is -1.63. The Bertz CT molecular complexity index is 466. The maximum atomic E-state index is 13.5. The highest BCUT2D eigenvalue weighted by molar-refractivity contribution is 5.77. The van der Waals surface area contributed by atoms with Crippen molar-refractivity contribution in [3.05, 3.63) is 35.1 Å². The van der Waals surface area contributed by atoms with Crippen molar-refractivity contribution >= 4 is 5.97 Å². The van der Waals surface area contributed by atoms with Gasteiger partial charge in [0.25, 0.3) is 0 Å². The van der Waals surface area contributed by atoms with Crippen molar-refractivity contribution in [2.75, 3.05) is 0 Å². The van der Waals surface area contributed by atoms with E-state index in [1.807, 2.05) is 0 Å². The molecule has 0 saturated carbocycles. The molecule has 3 nitrogen and oxygen atoms in total. The van der Waals surface area contributed by atoms with E-state index < -0.39 is 41.1 Å². The van der Waals surface area contributed by atoms with E-state index in [4.69, 9.17) is 5.11 Å². The van der Waals surface area contributed by atoms with Gasteiger partial charge in [-0.1, -0.05) is 12.1 Å². The van der Waals surface area contributed by atoms with Crippen LogP contribution in [0, 0.1) is 5.82 Å². The van der Waals surface area contributed by atoms with Gasteiger partial charge >= 0.3 is 12.1 Å². The molecule has 0 bridgehead atoms. The zero-order valence-corrected chi connectivity index (χ0v) is 9.25. The van der Waals surface area contributed by atoms with Crippen LogP contribution in [0.2, 0.25) is 0 Å². The molecule has 1 rings (SSSR count). The lowest BCUT2D eigenvalue weighted by Gasteiger charge is -2.19. The normalized spacial score (nSPS) is 15.2. The van der Waals surface area contributed by atoms with Gasteiger partial charge in [-0.05, 0) is 18.6 Å². The number of carboxylic acids is 1. The maximum absolute atomic E-state index is 13.5. The summed E-state index contributed by atoms with van der Waals surface area (Å²) in [4.78, 5) is 10.6. The fourth-order valence-electron chi connectivity index (χ4n) is 1.38. The van der Waals surface area contributed by atoms with Gasteiger partial charge in [0, 0.05) is 6.42 Å². The third-order valence-corrected chi connectivity index (χ3v) is 2.38. The largest absolute Gasteiger partial charge is 0.479 e. The van der Waals surface area contributed by atoms with Crippen LogP contribution < -0.4 is 0 Å². The first-order valence-electron chi connectivity index (χ1n) is 4.86. The van der Waals surface area contributed by atoms with E-state index in [0.29, 0.717) is 6.07 Å². The van der Waals surface area contributed by atoms with E-state index in [1.165, 1.54) is 0 Å². The maximum Gasteiger partial charge on any atom is 0.419 e. The topological polar surface area (TPSA) is 57.5 Å². The number of benzene rings is 1. The van der Waals surface area contributed by atoms with Crippen LogP contribution in [0.4, 0.5) is 17.6 Å². The molecule has 1 unspecified atom stereocenters. The lowest BCUT2D eigenvalue weighted by molar-refractivity contribution is -0.156. The van der Waals surface area contributed by atoms with Crippen LogP contribution in [0.3, 0.4) is 0 Å². The third-order valence-electron chi connectivity index (χ3n) is 2.38. The smallest absolute Gasteiger partial charge is 0.419 e. The number of hydrogen-bond acceptors (Lipinski definition) is 2. The summed E-state index contributed by atoms with van der Waals surface area (Å²) in [5.41, 5.74) is -4.32. The van der Waals surface area contributed by atoms with Gasteiger partial charge in [-0.3, -0.25) is 0 Å². The van der Waals surface area contributed by atoms with Crippen LogP contribution in [-0.4, -0.2) is 21.8 Å². The highest BCUT2D eigenvalue weighted by Gasteiger charge is 2.37. The summed E-state index contributed by atoms with van der Waals surface area (Å²) in [6.45, 7) is 0.884. The van der Waals surface area contributed by atoms with Gasteiger partial charge in [0.15, 0.2) is 5.60 Å². The minimum absolute atomic E-state index is 0.503. The molecule has 0 aliphatic rings. The van der Waals surface area contributed by atoms with Crippen LogP contribution in [0.15, 0.2) is 18.2 Å². The number of rotatable bonds is 3. The first kappa shape index (κ1) is 14.4. The summed E-state index contributed by atoms with van der Waals surface area (Å²) in [7, 11) is 0. The number of carboxylic acid groups (broad SMARTS) is 1. The molecule has 0 spiro atoms. The van der Waals surface area contributed by atoms with E-state index in [0.717, 1.165) is 19.1 Å². The minimum Gasteiger partial charge on any atom is -0.479 e. The fourth-order valence-corrected chi connectivity index (χ4v) is 1.38. The number of aliphatic hydroxyl groups is 1. The van der Waals surface area contributed by atoms with Gasteiger partial charge in [0.2, 0.25) is 0 Å². The van der Waals surface area contributed by atoms with Crippen LogP contribution in [0.5, 0.6) is 0 Å². The summed E-state index contributed by atoms with van der Waals surface area (Å²) in [6.07, 6.45) is -5.62. The van der Waals surface area contributed by atoms with Gasteiger partial charge in [-0.2, -0.15) is 13.2 Å². The van der Waals surface area contributed by atoms with Crippen molar-refractivity contribution in [3.8, 4) is 0 Å². The Balaban J connectivity index is 3.17. The van der Waals surface area contributed by atoms with Crippen molar-refractivity contribution in [2.45, 2.75) is 25.1 Å². The van der Waals surface area contributed by atoms with Crippen molar-refractivity contribution in [1.29, 1.82) is 0 Å². The molecule has 7 heteroatoms. The molecule has 0 radical (unpaired) electrons. The van der Waals surface area contributed by atoms with E-state index in [-0.39, 0.29) is 0 Å². The number of aliphatic carboxylic acids is 1. The lowest BCUT2D eigenvalue weighted by atomic mass is 9.95. The first-order valence-corrected chi connectivity index (χ1v) is 4.86. The zero-order valence-electron chi connectivity index (χ0n) is 9.25. The summed E-state index contributed by atoms with van der Waals surface area (Å²) < 4.78 is 50.7. The third kappa shape index (κ3) is 2.98. The van der Waals surface area contributed by atoms with Crippen molar-refractivity contribution in [3.63, 3.8) is 0 Å². The number of hydrogen-bond donors (Lipinski definition) is 2. The molecular weight excluding hydrogens is 256 g/mol. The standard InChI is InChI=1S/C11H10F4O3/c1-10(18,9(16)17)5-6-3-2-4-7(8(6)12)11(13,14)15/h2-4,18H,5H2,1H3,(H,16,17). The predicted molar refractivity (Wildman–Crippen MR) is 53.4 cm³/mol. The van der Waals surface area contributed by atoms with Crippen LogP contribution >= 0.6 is 0 Å². The molecule has 0 aliphatic heterocycles. The zero-order chi connectivity index (χ0) is 14.1. The van der Waals surface area contributed by atoms with Gasteiger partial charge in [-0.25, -0.2) is 9.18 Å². The van der Waals surface area contributed by atoms with Crippen LogP contribution in [0.25, 0.3) is 0 Å².